The van der Waals surface area contributed by atoms with Crippen LogP contribution in [0.4, 0.5) is 5.82 Å². The zero-order valence-electron chi connectivity index (χ0n) is 20.5. The maximum atomic E-state index is 12.8. The number of ether oxygens (including phenoxy) is 2. The van der Waals surface area contributed by atoms with E-state index >= 15 is 0 Å². The predicted octanol–water partition coefficient (Wildman–Crippen LogP) is -3.89. The third-order valence-corrected chi connectivity index (χ3v) is 8.10. The number of H-pyrrole nitrogens is 1. The Kier molecular flexibility index (Phi) is 9.28. The van der Waals surface area contributed by atoms with E-state index in [9.17, 15) is 39.5 Å². The maximum absolute atomic E-state index is 12.8. The number of halogens is 1. The van der Waals surface area contributed by atoms with Crippen molar-refractivity contribution in [2.45, 2.75) is 49.1 Å². The molecule has 1 unspecified atom stereocenters. The lowest BCUT2D eigenvalue weighted by Crippen LogP contribution is -2.39. The normalized spacial score (nSPS) is 31.3. The highest BCUT2D eigenvalue weighted by Gasteiger charge is 2.50. The van der Waals surface area contributed by atoms with Crippen LogP contribution in [0.2, 0.25) is 0 Å². The molecule has 0 aliphatic carbocycles. The van der Waals surface area contributed by atoms with E-state index in [1.807, 2.05) is 4.98 Å². The fraction of sp³-hybridized carbons (Fsp3) is 0.526. The highest BCUT2D eigenvalue weighted by atomic mass is 127. The molecule has 2 aliphatic rings. The van der Waals surface area contributed by atoms with E-state index in [1.54, 1.807) is 22.6 Å². The van der Waals surface area contributed by atoms with Crippen molar-refractivity contribution in [3.63, 3.8) is 0 Å². The van der Waals surface area contributed by atoms with Crippen LogP contribution in [0.25, 0.3) is 11.2 Å². The number of aliphatic hydroxyl groups is 4. The van der Waals surface area contributed by atoms with Gasteiger partial charge in [0.15, 0.2) is 23.9 Å². The minimum atomic E-state index is -5.03. The zero-order chi connectivity index (χ0) is 28.9. The molecule has 0 aromatic carbocycles. The molecule has 9 atom stereocenters. The van der Waals surface area contributed by atoms with Gasteiger partial charge in [-0.3, -0.25) is 28.0 Å². The van der Waals surface area contributed by atoms with Crippen LogP contribution in [0.1, 0.15) is 12.5 Å². The second-order valence-corrected chi connectivity index (χ2v) is 11.4. The molecule has 10 N–H and O–H groups in total. The second kappa shape index (κ2) is 12.1. The fourth-order valence-corrected chi connectivity index (χ4v) is 5.78. The average molecular weight is 717 g/mol. The van der Waals surface area contributed by atoms with E-state index in [0.29, 0.717) is 0 Å². The summed E-state index contributed by atoms with van der Waals surface area (Å²) in [5.74, 6) is 0.0803. The van der Waals surface area contributed by atoms with Gasteiger partial charge in [-0.15, -0.1) is 0 Å². The van der Waals surface area contributed by atoms with Crippen LogP contribution < -0.4 is 17.0 Å². The second-order valence-electron chi connectivity index (χ2n) is 8.85. The number of hydrogen-bond acceptors (Lipinski definition) is 15. The van der Waals surface area contributed by atoms with Gasteiger partial charge in [0.05, 0.1) is 23.1 Å². The number of aliphatic hydroxyl groups excluding tert-OH is 4. The third-order valence-electron chi connectivity index (χ3n) is 6.34. The molecule has 2 saturated heterocycles. The first-order valence-corrected chi connectivity index (χ1v) is 14.0. The van der Waals surface area contributed by atoms with Crippen LogP contribution in [-0.4, -0.2) is 110 Å². The largest absolute Gasteiger partial charge is 0.472 e. The van der Waals surface area contributed by atoms with Gasteiger partial charge >= 0.3 is 13.5 Å². The Bertz CT molecular complexity index is 1570. The van der Waals surface area contributed by atoms with Crippen molar-refractivity contribution >= 4 is 47.4 Å². The molecule has 3 aromatic rings. The van der Waals surface area contributed by atoms with E-state index in [0.717, 1.165) is 10.8 Å². The summed E-state index contributed by atoms with van der Waals surface area (Å²) in [6, 6.07) is 0. The van der Waals surface area contributed by atoms with Crippen LogP contribution in [0.15, 0.2) is 28.4 Å². The number of nitrogens with one attached hydrogen (secondary N) is 1. The number of phosphoric ester groups is 1. The van der Waals surface area contributed by atoms with Crippen molar-refractivity contribution in [1.29, 1.82) is 0 Å². The van der Waals surface area contributed by atoms with Gasteiger partial charge in [0, 0.05) is 6.20 Å². The Hall–Kier alpha value is -2.41. The van der Waals surface area contributed by atoms with Crippen molar-refractivity contribution in [1.82, 2.24) is 29.1 Å². The van der Waals surface area contributed by atoms with Gasteiger partial charge in [-0.25, -0.2) is 24.3 Å². The molecule has 2 fully saturated rings. The first kappa shape index (κ1) is 31.5. The van der Waals surface area contributed by atoms with Crippen LogP contribution >= 0.6 is 30.4 Å². The van der Waals surface area contributed by atoms with Gasteiger partial charge in [0.25, 0.3) is 5.56 Å². The van der Waals surface area contributed by atoms with E-state index in [4.69, 9.17) is 24.3 Å². The molecule has 2 aliphatic heterocycles. The SMILES string of the molecule is Nc1ncnc2c1ncn2[C@@H]1O[C@H](COP(=O)(O)O[C@H]2[C@@H](O)[C@H](n3cc(I)c(=O)[nH]c3=O)O[C@@H]2CO)[C@@H](O)[C@H]1O.O. The van der Waals surface area contributed by atoms with Gasteiger partial charge in [0.1, 0.15) is 48.5 Å². The Morgan fingerprint density at radius 1 is 1.07 bits per heavy atom. The van der Waals surface area contributed by atoms with Crippen molar-refractivity contribution < 1.29 is 53.9 Å². The summed E-state index contributed by atoms with van der Waals surface area (Å²) in [5.41, 5.74) is 4.60. The van der Waals surface area contributed by atoms with Crippen LogP contribution in [0, 0.1) is 3.57 Å². The minimum Gasteiger partial charge on any atom is -0.412 e. The van der Waals surface area contributed by atoms with Crippen LogP contribution in [-0.2, 0) is 23.1 Å². The summed E-state index contributed by atoms with van der Waals surface area (Å²) in [4.78, 5) is 48.2. The number of nitrogens with two attached hydrogens (primary N) is 1. The first-order chi connectivity index (χ1) is 18.9. The van der Waals surface area contributed by atoms with Crippen LogP contribution in [0.3, 0.4) is 0 Å². The highest BCUT2D eigenvalue weighted by Crippen LogP contribution is 2.49. The zero-order valence-corrected chi connectivity index (χ0v) is 23.5. The molecule has 0 spiro atoms. The van der Waals surface area contributed by atoms with Crippen molar-refractivity contribution in [2.75, 3.05) is 18.9 Å². The van der Waals surface area contributed by atoms with Crippen molar-refractivity contribution in [2.24, 2.45) is 0 Å². The number of hydrogen-bond donors (Lipinski definition) is 7. The van der Waals surface area contributed by atoms with E-state index in [2.05, 4.69) is 15.0 Å². The summed E-state index contributed by atoms with van der Waals surface area (Å²) in [6.45, 7) is -1.53. The summed E-state index contributed by atoms with van der Waals surface area (Å²) >= 11 is 1.65. The summed E-state index contributed by atoms with van der Waals surface area (Å²) < 4.78 is 36.1. The van der Waals surface area contributed by atoms with E-state index in [-0.39, 0.29) is 26.0 Å². The lowest BCUT2D eigenvalue weighted by molar-refractivity contribution is -0.0595. The standard InChI is InChI=1S/C19H23IN7O12P.H2O/c20-6-1-26(19(33)25-16(6)32)18-12(31)13(7(2-28)37-18)39-40(34,35)36-3-8-10(29)11(30)17(38-8)27-5-24-9-14(21)22-4-23-15(9)27;/h1,4-5,7-8,10-13,17-18,28-31H,2-3H2,(H,34,35)(H2,21,22,23)(H,25,32,33);1H2/t7-,8-,10-,11-,12-,13-,17-,18-;/m1./s1. The van der Waals surface area contributed by atoms with Crippen molar-refractivity contribution in [3.8, 4) is 0 Å². The Morgan fingerprint density at radius 2 is 1.76 bits per heavy atom. The monoisotopic (exact) mass is 717 g/mol. The van der Waals surface area contributed by atoms with Gasteiger partial charge in [0.2, 0.25) is 0 Å². The van der Waals surface area contributed by atoms with Crippen LogP contribution in [0.5, 0.6) is 0 Å². The number of aromatic amines is 1. The number of aromatic nitrogens is 6. The molecule has 0 radical (unpaired) electrons. The van der Waals surface area contributed by atoms with Gasteiger partial charge in [-0.2, -0.15) is 0 Å². The number of fused-ring (bicyclic) bond motifs is 1. The maximum Gasteiger partial charge on any atom is 0.472 e. The molecular weight excluding hydrogens is 692 g/mol. The first-order valence-electron chi connectivity index (χ1n) is 11.5. The van der Waals surface area contributed by atoms with Gasteiger partial charge < -0.3 is 46.0 Å². The van der Waals surface area contributed by atoms with Crippen molar-refractivity contribution in [3.05, 3.63) is 43.3 Å². The number of phosphoric acid groups is 1. The summed E-state index contributed by atoms with van der Waals surface area (Å²) in [6.07, 6.45) is -8.38. The topological polar surface area (TPSA) is 311 Å². The molecular formula is C19H25IN7O13P. The van der Waals surface area contributed by atoms with Gasteiger partial charge in [-0.05, 0) is 22.6 Å². The molecule has 41 heavy (non-hydrogen) atoms. The molecule has 3 aromatic heterocycles. The molecule has 0 bridgehead atoms. The predicted molar refractivity (Wildman–Crippen MR) is 141 cm³/mol. The minimum absolute atomic E-state index is 0. The Morgan fingerprint density at radius 3 is 2.46 bits per heavy atom. The lowest BCUT2D eigenvalue weighted by atomic mass is 10.1. The number of imidazole rings is 1. The molecule has 22 heteroatoms. The quantitative estimate of drug-likeness (QED) is 0.0865. The smallest absolute Gasteiger partial charge is 0.412 e. The molecule has 5 heterocycles. The van der Waals surface area contributed by atoms with Gasteiger partial charge in [-0.1, -0.05) is 0 Å². The Labute approximate surface area is 241 Å². The number of nitrogens with zero attached hydrogens (tertiary/aromatic N) is 5. The number of anilines is 1. The molecule has 5 rings (SSSR count). The number of rotatable bonds is 8. The molecule has 20 nitrogen and oxygen atoms in total. The Balaban J connectivity index is 0.00000387. The van der Waals surface area contributed by atoms with E-state index in [1.165, 1.54) is 17.2 Å². The fourth-order valence-electron chi connectivity index (χ4n) is 4.38. The lowest BCUT2D eigenvalue weighted by Gasteiger charge is -2.23. The highest BCUT2D eigenvalue weighted by molar-refractivity contribution is 14.1. The molecule has 226 valence electrons. The molecule has 0 amide bonds. The summed E-state index contributed by atoms with van der Waals surface area (Å²) in [5, 5.41) is 41.4. The third kappa shape index (κ3) is 5.93. The molecule has 0 saturated carbocycles. The van der Waals surface area contributed by atoms with E-state index < -0.39 is 81.4 Å². The number of nitrogen functional groups attached to an aromatic ring is 1. The summed E-state index contributed by atoms with van der Waals surface area (Å²) in [7, 11) is -5.03. The average Bonchev–Trinajstić information content (AvgIpc) is 3.55.